The van der Waals surface area contributed by atoms with Gasteiger partial charge in [0.15, 0.2) is 0 Å². The SMILES string of the molecule is CC(C)CC(CN)C(=O)NC(Cn1ccnc1)C(C)(C)C. The summed E-state index contributed by atoms with van der Waals surface area (Å²) < 4.78 is 2.00. The average molecular weight is 294 g/mol. The standard InChI is InChI=1S/C16H30N4O/c1-12(2)8-13(9-17)15(21)19-14(16(3,4)5)10-20-7-6-18-11-20/h6-7,11-14H,8-10,17H2,1-5H3,(H,19,21). The van der Waals surface area contributed by atoms with Crippen molar-refractivity contribution in [2.45, 2.75) is 53.6 Å². The van der Waals surface area contributed by atoms with Crippen molar-refractivity contribution in [2.75, 3.05) is 6.54 Å². The van der Waals surface area contributed by atoms with Crippen molar-refractivity contribution in [3.8, 4) is 0 Å². The van der Waals surface area contributed by atoms with E-state index < -0.39 is 0 Å². The third-order valence-electron chi connectivity index (χ3n) is 3.73. The van der Waals surface area contributed by atoms with Gasteiger partial charge in [0.1, 0.15) is 0 Å². The Balaban J connectivity index is 2.74. The van der Waals surface area contributed by atoms with Gasteiger partial charge in [-0.25, -0.2) is 4.98 Å². The molecule has 1 amide bonds. The maximum absolute atomic E-state index is 12.5. The topological polar surface area (TPSA) is 72.9 Å². The second-order valence-corrected chi connectivity index (χ2v) is 7.25. The molecule has 0 aliphatic rings. The predicted octanol–water partition coefficient (Wildman–Crippen LogP) is 2.04. The fourth-order valence-electron chi connectivity index (χ4n) is 2.31. The fraction of sp³-hybridized carbons (Fsp3) is 0.750. The second-order valence-electron chi connectivity index (χ2n) is 7.25. The summed E-state index contributed by atoms with van der Waals surface area (Å²) in [6.07, 6.45) is 6.27. The molecule has 0 radical (unpaired) electrons. The van der Waals surface area contributed by atoms with Crippen LogP contribution in [0.2, 0.25) is 0 Å². The van der Waals surface area contributed by atoms with E-state index in [-0.39, 0.29) is 23.3 Å². The van der Waals surface area contributed by atoms with Crippen molar-refractivity contribution in [3.63, 3.8) is 0 Å². The van der Waals surface area contributed by atoms with Gasteiger partial charge in [0.05, 0.1) is 18.3 Å². The quantitative estimate of drug-likeness (QED) is 0.808. The van der Waals surface area contributed by atoms with Gasteiger partial charge in [-0.3, -0.25) is 4.79 Å². The van der Waals surface area contributed by atoms with E-state index in [1.807, 2.05) is 10.8 Å². The smallest absolute Gasteiger partial charge is 0.224 e. The zero-order valence-corrected chi connectivity index (χ0v) is 14.0. The maximum atomic E-state index is 12.5. The van der Waals surface area contributed by atoms with Gasteiger partial charge in [-0.1, -0.05) is 34.6 Å². The highest BCUT2D eigenvalue weighted by Crippen LogP contribution is 2.22. The van der Waals surface area contributed by atoms with Gasteiger partial charge in [-0.05, 0) is 17.8 Å². The van der Waals surface area contributed by atoms with Crippen LogP contribution in [0, 0.1) is 17.3 Å². The van der Waals surface area contributed by atoms with Crippen LogP contribution in [-0.2, 0) is 11.3 Å². The van der Waals surface area contributed by atoms with Gasteiger partial charge in [-0.2, -0.15) is 0 Å². The Morgan fingerprint density at radius 2 is 2.05 bits per heavy atom. The van der Waals surface area contributed by atoms with Gasteiger partial charge in [0.25, 0.3) is 0 Å². The summed E-state index contributed by atoms with van der Waals surface area (Å²) in [6, 6.07) is 0.0420. The van der Waals surface area contributed by atoms with E-state index >= 15 is 0 Å². The molecule has 1 heterocycles. The fourth-order valence-corrected chi connectivity index (χ4v) is 2.31. The van der Waals surface area contributed by atoms with Crippen molar-refractivity contribution in [2.24, 2.45) is 23.0 Å². The third-order valence-corrected chi connectivity index (χ3v) is 3.73. The van der Waals surface area contributed by atoms with Crippen molar-refractivity contribution in [1.82, 2.24) is 14.9 Å². The highest BCUT2D eigenvalue weighted by Gasteiger charge is 2.29. The number of imidazole rings is 1. The lowest BCUT2D eigenvalue weighted by atomic mass is 9.85. The number of amides is 1. The Bertz CT molecular complexity index is 420. The first-order valence-corrected chi connectivity index (χ1v) is 7.70. The van der Waals surface area contributed by atoms with Crippen molar-refractivity contribution in [3.05, 3.63) is 18.7 Å². The second kappa shape index (κ2) is 7.59. The summed E-state index contributed by atoms with van der Waals surface area (Å²) >= 11 is 0. The molecule has 1 rings (SSSR count). The molecule has 0 aliphatic heterocycles. The van der Waals surface area contributed by atoms with E-state index in [1.165, 1.54) is 0 Å². The van der Waals surface area contributed by atoms with Gasteiger partial charge in [-0.15, -0.1) is 0 Å². The number of nitrogens with two attached hydrogens (primary N) is 1. The molecule has 1 aromatic rings. The van der Waals surface area contributed by atoms with Crippen molar-refractivity contribution in [1.29, 1.82) is 0 Å². The molecular formula is C16H30N4O. The third kappa shape index (κ3) is 5.87. The van der Waals surface area contributed by atoms with E-state index in [1.54, 1.807) is 12.5 Å². The van der Waals surface area contributed by atoms with Crippen LogP contribution in [0.5, 0.6) is 0 Å². The van der Waals surface area contributed by atoms with Gasteiger partial charge < -0.3 is 15.6 Å². The lowest BCUT2D eigenvalue weighted by Crippen LogP contribution is -2.49. The molecule has 0 saturated carbocycles. The largest absolute Gasteiger partial charge is 0.351 e. The first-order valence-electron chi connectivity index (χ1n) is 7.70. The normalized spacial score (nSPS) is 15.0. The number of carbonyl (C=O) groups excluding carboxylic acids is 1. The summed E-state index contributed by atoms with van der Waals surface area (Å²) in [5, 5.41) is 3.18. The van der Waals surface area contributed by atoms with Crippen LogP contribution < -0.4 is 11.1 Å². The van der Waals surface area contributed by atoms with Gasteiger partial charge in [0, 0.05) is 25.5 Å². The van der Waals surface area contributed by atoms with Crippen LogP contribution in [0.1, 0.15) is 41.0 Å². The molecule has 0 bridgehead atoms. The van der Waals surface area contributed by atoms with E-state index in [0.29, 0.717) is 19.0 Å². The molecule has 0 aliphatic carbocycles. The van der Waals surface area contributed by atoms with E-state index in [2.05, 4.69) is 44.9 Å². The Morgan fingerprint density at radius 3 is 2.48 bits per heavy atom. The molecule has 0 fully saturated rings. The molecular weight excluding hydrogens is 264 g/mol. The lowest BCUT2D eigenvalue weighted by molar-refractivity contribution is -0.126. The first kappa shape index (κ1) is 17.7. The van der Waals surface area contributed by atoms with Crippen LogP contribution >= 0.6 is 0 Å². The molecule has 5 nitrogen and oxygen atoms in total. The van der Waals surface area contributed by atoms with Crippen molar-refractivity contribution < 1.29 is 4.79 Å². The van der Waals surface area contributed by atoms with E-state index in [9.17, 15) is 4.79 Å². The lowest BCUT2D eigenvalue weighted by Gasteiger charge is -2.33. The predicted molar refractivity (Wildman–Crippen MR) is 85.6 cm³/mol. The number of hydrogen-bond donors (Lipinski definition) is 2. The Hall–Kier alpha value is -1.36. The highest BCUT2D eigenvalue weighted by molar-refractivity contribution is 5.79. The van der Waals surface area contributed by atoms with Crippen molar-refractivity contribution >= 4 is 5.91 Å². The minimum absolute atomic E-state index is 0.0308. The van der Waals surface area contributed by atoms with E-state index in [0.717, 1.165) is 6.42 Å². The number of nitrogens with one attached hydrogen (secondary N) is 1. The molecule has 120 valence electrons. The number of carbonyl (C=O) groups is 1. The molecule has 2 unspecified atom stereocenters. The van der Waals surface area contributed by atoms with Crippen LogP contribution in [0.3, 0.4) is 0 Å². The van der Waals surface area contributed by atoms with Gasteiger partial charge >= 0.3 is 0 Å². The monoisotopic (exact) mass is 294 g/mol. The molecule has 3 N–H and O–H groups in total. The number of nitrogens with zero attached hydrogens (tertiary/aromatic N) is 2. The Labute approximate surface area is 128 Å². The molecule has 0 spiro atoms. The molecule has 21 heavy (non-hydrogen) atoms. The summed E-state index contributed by atoms with van der Waals surface area (Å²) in [7, 11) is 0. The zero-order valence-electron chi connectivity index (χ0n) is 14.0. The van der Waals surface area contributed by atoms with Crippen LogP contribution in [0.15, 0.2) is 18.7 Å². The maximum Gasteiger partial charge on any atom is 0.224 e. The molecule has 1 aromatic heterocycles. The Morgan fingerprint density at radius 1 is 1.38 bits per heavy atom. The Kier molecular flexibility index (Phi) is 6.40. The minimum Gasteiger partial charge on any atom is -0.351 e. The summed E-state index contributed by atoms with van der Waals surface area (Å²) in [5.41, 5.74) is 5.74. The van der Waals surface area contributed by atoms with Crippen LogP contribution in [0.25, 0.3) is 0 Å². The summed E-state index contributed by atoms with van der Waals surface area (Å²) in [4.78, 5) is 16.5. The molecule has 0 saturated heterocycles. The number of hydrogen-bond acceptors (Lipinski definition) is 3. The highest BCUT2D eigenvalue weighted by atomic mass is 16.2. The summed E-state index contributed by atoms with van der Waals surface area (Å²) in [6.45, 7) is 11.7. The molecule has 2 atom stereocenters. The zero-order chi connectivity index (χ0) is 16.0. The first-order chi connectivity index (χ1) is 9.74. The summed E-state index contributed by atoms with van der Waals surface area (Å²) in [5.74, 6) is 0.412. The van der Waals surface area contributed by atoms with Gasteiger partial charge in [0.2, 0.25) is 5.91 Å². The van der Waals surface area contributed by atoms with Crippen LogP contribution in [0.4, 0.5) is 0 Å². The van der Waals surface area contributed by atoms with Crippen LogP contribution in [-0.4, -0.2) is 28.0 Å². The molecule has 0 aromatic carbocycles. The van der Waals surface area contributed by atoms with E-state index in [4.69, 9.17) is 5.73 Å². The number of aromatic nitrogens is 2. The number of rotatable bonds is 7. The minimum atomic E-state index is -0.113. The average Bonchev–Trinajstić information content (AvgIpc) is 2.86. The molecule has 5 heteroatoms.